The summed E-state index contributed by atoms with van der Waals surface area (Å²) in [4.78, 5) is 0. The molecule has 1 atom stereocenters. The summed E-state index contributed by atoms with van der Waals surface area (Å²) in [5.41, 5.74) is 1.76. The van der Waals surface area contributed by atoms with Crippen LogP contribution in [0.4, 0.5) is 5.69 Å². The first-order valence-electron chi connectivity index (χ1n) is 5.64. The standard InChI is InChI=1S/C13H15BrN2/c1-9(10-2-3-10)8-16-12-5-4-11(7-15)13(14)6-12/h4-6,9-10,16H,2-3,8H2,1H3. The summed E-state index contributed by atoms with van der Waals surface area (Å²) in [7, 11) is 0. The molecule has 1 fully saturated rings. The SMILES string of the molecule is CC(CNc1ccc(C#N)c(Br)c1)C1CC1. The average Bonchev–Trinajstić information content (AvgIpc) is 3.10. The second-order valence-corrected chi connectivity index (χ2v) is 5.36. The Morgan fingerprint density at radius 3 is 2.88 bits per heavy atom. The number of anilines is 1. The molecule has 1 aromatic rings. The van der Waals surface area contributed by atoms with E-state index in [1.54, 1.807) is 0 Å². The lowest BCUT2D eigenvalue weighted by Crippen LogP contribution is -2.12. The molecule has 1 aliphatic carbocycles. The highest BCUT2D eigenvalue weighted by Crippen LogP contribution is 2.36. The molecule has 3 heteroatoms. The van der Waals surface area contributed by atoms with Gasteiger partial charge < -0.3 is 5.32 Å². The van der Waals surface area contributed by atoms with Gasteiger partial charge in [-0.05, 0) is 58.8 Å². The van der Waals surface area contributed by atoms with Gasteiger partial charge in [0.05, 0.1) is 5.56 Å². The van der Waals surface area contributed by atoms with Gasteiger partial charge in [0.15, 0.2) is 0 Å². The van der Waals surface area contributed by atoms with Crippen molar-refractivity contribution in [3.05, 3.63) is 28.2 Å². The highest BCUT2D eigenvalue weighted by atomic mass is 79.9. The van der Waals surface area contributed by atoms with Crippen LogP contribution in [0, 0.1) is 23.2 Å². The maximum Gasteiger partial charge on any atom is 0.100 e. The van der Waals surface area contributed by atoms with E-state index in [1.165, 1.54) is 12.8 Å². The number of nitrogens with one attached hydrogen (secondary N) is 1. The van der Waals surface area contributed by atoms with E-state index in [1.807, 2.05) is 18.2 Å². The molecule has 0 amide bonds. The zero-order valence-corrected chi connectivity index (χ0v) is 10.9. The van der Waals surface area contributed by atoms with Crippen molar-refractivity contribution in [3.8, 4) is 6.07 Å². The number of nitriles is 1. The second-order valence-electron chi connectivity index (χ2n) is 4.50. The highest BCUT2D eigenvalue weighted by Gasteiger charge is 2.27. The Morgan fingerprint density at radius 1 is 1.56 bits per heavy atom. The van der Waals surface area contributed by atoms with E-state index in [-0.39, 0.29) is 0 Å². The van der Waals surface area contributed by atoms with E-state index in [0.29, 0.717) is 5.56 Å². The molecule has 0 heterocycles. The second kappa shape index (κ2) is 4.88. The third-order valence-corrected chi connectivity index (χ3v) is 3.80. The third-order valence-electron chi connectivity index (χ3n) is 3.14. The van der Waals surface area contributed by atoms with Crippen LogP contribution in [0.25, 0.3) is 0 Å². The zero-order chi connectivity index (χ0) is 11.5. The molecule has 1 aromatic carbocycles. The van der Waals surface area contributed by atoms with Crippen molar-refractivity contribution in [2.45, 2.75) is 19.8 Å². The van der Waals surface area contributed by atoms with Crippen molar-refractivity contribution in [1.82, 2.24) is 0 Å². The zero-order valence-electron chi connectivity index (χ0n) is 9.33. The van der Waals surface area contributed by atoms with Crippen LogP contribution in [0.2, 0.25) is 0 Å². The molecule has 1 aliphatic rings. The molecule has 0 aliphatic heterocycles. The molecular formula is C13H15BrN2. The Labute approximate surface area is 105 Å². The Kier molecular flexibility index (Phi) is 3.50. The van der Waals surface area contributed by atoms with Gasteiger partial charge in [-0.3, -0.25) is 0 Å². The van der Waals surface area contributed by atoms with Crippen molar-refractivity contribution in [2.24, 2.45) is 11.8 Å². The Bertz CT molecular complexity index is 418. The highest BCUT2D eigenvalue weighted by molar-refractivity contribution is 9.10. The molecule has 2 rings (SSSR count). The average molecular weight is 279 g/mol. The lowest BCUT2D eigenvalue weighted by molar-refractivity contribution is 0.536. The van der Waals surface area contributed by atoms with Crippen LogP contribution in [0.3, 0.4) is 0 Å². The molecule has 0 spiro atoms. The van der Waals surface area contributed by atoms with Gasteiger partial charge in [0.25, 0.3) is 0 Å². The Hall–Kier alpha value is -1.01. The fourth-order valence-electron chi connectivity index (χ4n) is 1.83. The molecule has 0 bridgehead atoms. The first kappa shape index (κ1) is 11.5. The minimum absolute atomic E-state index is 0.681. The van der Waals surface area contributed by atoms with Crippen LogP contribution in [-0.4, -0.2) is 6.54 Å². The molecule has 1 saturated carbocycles. The first-order valence-corrected chi connectivity index (χ1v) is 6.43. The van der Waals surface area contributed by atoms with Crippen LogP contribution < -0.4 is 5.32 Å². The number of nitrogens with zero attached hydrogens (tertiary/aromatic N) is 1. The molecule has 0 saturated heterocycles. The summed E-state index contributed by atoms with van der Waals surface area (Å²) in [6.45, 7) is 3.31. The van der Waals surface area contributed by atoms with Gasteiger partial charge in [0.1, 0.15) is 6.07 Å². The van der Waals surface area contributed by atoms with Gasteiger partial charge in [-0.1, -0.05) is 6.92 Å². The summed E-state index contributed by atoms with van der Waals surface area (Å²) in [6, 6.07) is 7.91. The lowest BCUT2D eigenvalue weighted by Gasteiger charge is -2.12. The molecule has 0 aromatic heterocycles. The first-order chi connectivity index (χ1) is 7.70. The maximum absolute atomic E-state index is 8.81. The molecule has 16 heavy (non-hydrogen) atoms. The van der Waals surface area contributed by atoms with E-state index in [4.69, 9.17) is 5.26 Å². The van der Waals surface area contributed by atoms with E-state index in [2.05, 4.69) is 34.2 Å². The summed E-state index contributed by atoms with van der Waals surface area (Å²) in [5, 5.41) is 12.2. The predicted octanol–water partition coefficient (Wildman–Crippen LogP) is 3.78. The smallest absolute Gasteiger partial charge is 0.100 e. The monoisotopic (exact) mass is 278 g/mol. The van der Waals surface area contributed by atoms with Crippen LogP contribution in [-0.2, 0) is 0 Å². The lowest BCUT2D eigenvalue weighted by atomic mass is 10.1. The molecule has 1 unspecified atom stereocenters. The van der Waals surface area contributed by atoms with Crippen molar-refractivity contribution in [1.29, 1.82) is 5.26 Å². The number of halogens is 1. The topological polar surface area (TPSA) is 35.8 Å². The number of hydrogen-bond donors (Lipinski definition) is 1. The Balaban J connectivity index is 1.94. The minimum atomic E-state index is 0.681. The Morgan fingerprint density at radius 2 is 2.31 bits per heavy atom. The molecular weight excluding hydrogens is 264 g/mol. The van der Waals surface area contributed by atoms with Gasteiger partial charge in [0.2, 0.25) is 0 Å². The van der Waals surface area contributed by atoms with Crippen molar-refractivity contribution in [3.63, 3.8) is 0 Å². The summed E-state index contributed by atoms with van der Waals surface area (Å²) in [6.07, 6.45) is 2.78. The van der Waals surface area contributed by atoms with Crippen LogP contribution in [0.15, 0.2) is 22.7 Å². The van der Waals surface area contributed by atoms with Crippen LogP contribution >= 0.6 is 15.9 Å². The quantitative estimate of drug-likeness (QED) is 0.910. The van der Waals surface area contributed by atoms with Gasteiger partial charge in [-0.15, -0.1) is 0 Å². The van der Waals surface area contributed by atoms with Crippen molar-refractivity contribution < 1.29 is 0 Å². The van der Waals surface area contributed by atoms with E-state index in [0.717, 1.165) is 28.5 Å². The maximum atomic E-state index is 8.81. The molecule has 2 nitrogen and oxygen atoms in total. The van der Waals surface area contributed by atoms with E-state index >= 15 is 0 Å². The van der Waals surface area contributed by atoms with Gasteiger partial charge in [-0.25, -0.2) is 0 Å². The molecule has 84 valence electrons. The normalized spacial score (nSPS) is 16.6. The largest absolute Gasteiger partial charge is 0.385 e. The number of hydrogen-bond acceptors (Lipinski definition) is 2. The van der Waals surface area contributed by atoms with E-state index in [9.17, 15) is 0 Å². The fraction of sp³-hybridized carbons (Fsp3) is 0.462. The summed E-state index contributed by atoms with van der Waals surface area (Å²) >= 11 is 3.39. The van der Waals surface area contributed by atoms with Crippen LogP contribution in [0.5, 0.6) is 0 Å². The minimum Gasteiger partial charge on any atom is -0.385 e. The van der Waals surface area contributed by atoms with Gasteiger partial charge in [0, 0.05) is 16.7 Å². The van der Waals surface area contributed by atoms with Crippen LogP contribution in [0.1, 0.15) is 25.3 Å². The summed E-state index contributed by atoms with van der Waals surface area (Å²) < 4.78 is 0.860. The fourth-order valence-corrected chi connectivity index (χ4v) is 2.29. The predicted molar refractivity (Wildman–Crippen MR) is 69.2 cm³/mol. The number of rotatable bonds is 4. The number of benzene rings is 1. The summed E-state index contributed by atoms with van der Waals surface area (Å²) in [5.74, 6) is 1.67. The molecule has 0 radical (unpaired) electrons. The van der Waals surface area contributed by atoms with Gasteiger partial charge >= 0.3 is 0 Å². The third kappa shape index (κ3) is 2.76. The van der Waals surface area contributed by atoms with Crippen molar-refractivity contribution in [2.75, 3.05) is 11.9 Å². The molecule has 1 N–H and O–H groups in total. The van der Waals surface area contributed by atoms with E-state index < -0.39 is 0 Å². The van der Waals surface area contributed by atoms with Gasteiger partial charge in [-0.2, -0.15) is 5.26 Å². The van der Waals surface area contributed by atoms with Crippen molar-refractivity contribution >= 4 is 21.6 Å².